The summed E-state index contributed by atoms with van der Waals surface area (Å²) in [6, 6.07) is 1.67. The summed E-state index contributed by atoms with van der Waals surface area (Å²) in [6.07, 6.45) is 8.94. The van der Waals surface area contributed by atoms with Crippen molar-refractivity contribution in [2.75, 3.05) is 43.0 Å². The third-order valence-electron chi connectivity index (χ3n) is 7.06. The van der Waals surface area contributed by atoms with Crippen LogP contribution in [-0.4, -0.2) is 68.5 Å². The molecule has 0 saturated carbocycles. The van der Waals surface area contributed by atoms with Crippen molar-refractivity contribution in [3.05, 3.63) is 40.7 Å². The molecule has 11 heteroatoms. The largest absolute Gasteiger partial charge is 0.845 e. The van der Waals surface area contributed by atoms with Crippen LogP contribution in [0.25, 0.3) is 0 Å². The van der Waals surface area contributed by atoms with Crippen LogP contribution in [0.2, 0.25) is 0 Å². The Labute approximate surface area is 200 Å². The second-order valence-corrected chi connectivity index (χ2v) is 10.9. The highest BCUT2D eigenvalue weighted by Crippen LogP contribution is 2.38. The Balaban J connectivity index is 1.40. The average Bonchev–Trinajstić information content (AvgIpc) is 3.47. The number of rotatable bonds is 8. The van der Waals surface area contributed by atoms with Crippen LogP contribution in [0.5, 0.6) is 0 Å². The van der Waals surface area contributed by atoms with Crippen LogP contribution in [0.15, 0.2) is 22.9 Å². The fourth-order valence-electron chi connectivity index (χ4n) is 5.07. The molecular weight excluding hydrogens is 456 g/mol. The number of aryl methyl sites for hydroxylation is 3. The Hall–Kier alpha value is -2.63. The van der Waals surface area contributed by atoms with Gasteiger partial charge >= 0.3 is 10.2 Å². The van der Waals surface area contributed by atoms with Crippen molar-refractivity contribution >= 4 is 27.6 Å². The number of hydrogen-bond donors (Lipinski definition) is 1. The van der Waals surface area contributed by atoms with E-state index in [-0.39, 0.29) is 12.6 Å². The lowest BCUT2D eigenvalue weighted by molar-refractivity contribution is -0.213. The molecule has 0 unspecified atom stereocenters. The monoisotopic (exact) mass is 487 g/mol. The van der Waals surface area contributed by atoms with Gasteiger partial charge in [0.2, 0.25) is 0 Å². The van der Waals surface area contributed by atoms with Crippen LogP contribution >= 0.6 is 0 Å². The highest BCUT2D eigenvalue weighted by atomic mass is 32.2. The van der Waals surface area contributed by atoms with Gasteiger partial charge in [0.25, 0.3) is 0 Å². The smallest absolute Gasteiger partial charge is 0.345 e. The minimum atomic E-state index is -4.28. The summed E-state index contributed by atoms with van der Waals surface area (Å²) in [5.41, 5.74) is 5.95. The van der Waals surface area contributed by atoms with Gasteiger partial charge in [-0.15, -0.1) is 4.40 Å². The number of nitrogens with zero attached hydrogens (tertiary/aromatic N) is 5. The van der Waals surface area contributed by atoms with Crippen molar-refractivity contribution in [3.8, 4) is 0 Å². The summed E-state index contributed by atoms with van der Waals surface area (Å²) >= 11 is 0. The molecule has 2 aromatic rings. The van der Waals surface area contributed by atoms with Gasteiger partial charge in [0, 0.05) is 32.0 Å². The van der Waals surface area contributed by atoms with E-state index in [1.54, 1.807) is 13.2 Å². The molecule has 1 fully saturated rings. The predicted molar refractivity (Wildman–Crippen MR) is 128 cm³/mol. The molecule has 0 atom stereocenters. The van der Waals surface area contributed by atoms with E-state index in [1.165, 1.54) is 22.0 Å². The first-order chi connectivity index (χ1) is 16.3. The molecule has 5 rings (SSSR count). The molecule has 2 heterocycles. The van der Waals surface area contributed by atoms with Crippen molar-refractivity contribution in [2.45, 2.75) is 44.6 Å². The van der Waals surface area contributed by atoms with Gasteiger partial charge in [0.15, 0.2) is 0 Å². The number of aromatic nitrogens is 2. The maximum Gasteiger partial charge on any atom is 0.345 e. The van der Waals surface area contributed by atoms with Crippen LogP contribution in [0, 0.1) is 0 Å². The van der Waals surface area contributed by atoms with Crippen molar-refractivity contribution in [1.82, 2.24) is 14.7 Å². The van der Waals surface area contributed by atoms with E-state index in [0.29, 0.717) is 25.4 Å². The predicted octanol–water partition coefficient (Wildman–Crippen LogP) is 0.608. The van der Waals surface area contributed by atoms with E-state index in [2.05, 4.69) is 25.8 Å². The van der Waals surface area contributed by atoms with Crippen LogP contribution in [-0.2, 0) is 47.7 Å². The molecule has 1 aromatic heterocycles. The topological polar surface area (TPSA) is 115 Å². The third-order valence-corrected chi connectivity index (χ3v) is 8.41. The van der Waals surface area contributed by atoms with Crippen molar-refractivity contribution in [3.63, 3.8) is 0 Å². The fourth-order valence-corrected chi connectivity index (χ4v) is 6.10. The van der Waals surface area contributed by atoms with Crippen LogP contribution in [0.3, 0.4) is 0 Å². The first-order valence-electron chi connectivity index (χ1n) is 11.8. The Morgan fingerprint density at radius 3 is 2.44 bits per heavy atom. The highest BCUT2D eigenvalue weighted by molar-refractivity contribution is 7.91. The van der Waals surface area contributed by atoms with Gasteiger partial charge in [0.1, 0.15) is 0 Å². The summed E-state index contributed by atoms with van der Waals surface area (Å²) in [4.78, 5) is 2.05. The number of hydrogen-bond acceptors (Lipinski definition) is 6. The lowest BCUT2D eigenvalue weighted by Gasteiger charge is -2.35. The zero-order valence-electron chi connectivity index (χ0n) is 19.7. The van der Waals surface area contributed by atoms with Crippen molar-refractivity contribution in [2.24, 2.45) is 11.4 Å². The molecule has 0 amide bonds. The molecule has 0 radical (unpaired) electrons. The summed E-state index contributed by atoms with van der Waals surface area (Å²) in [5.74, 6) is 0. The second-order valence-electron chi connectivity index (χ2n) is 9.35. The van der Waals surface area contributed by atoms with Gasteiger partial charge in [-0.3, -0.25) is 9.58 Å². The zero-order valence-corrected chi connectivity index (χ0v) is 20.5. The molecule has 10 nitrogen and oxygen atoms in total. The van der Waals surface area contributed by atoms with E-state index in [0.717, 1.165) is 59.6 Å². The zero-order chi connectivity index (χ0) is 23.9. The molecule has 184 valence electrons. The molecule has 1 aromatic carbocycles. The summed E-state index contributed by atoms with van der Waals surface area (Å²) in [5, 5.41) is 19.9. The third kappa shape index (κ3) is 4.51. The van der Waals surface area contributed by atoms with Crippen LogP contribution < -0.4 is 14.7 Å². The van der Waals surface area contributed by atoms with E-state index in [1.807, 2.05) is 7.05 Å². The summed E-state index contributed by atoms with van der Waals surface area (Å²) < 4.78 is 38.2. The number of likely N-dealkylation sites (N-methyl/N-ethyl adjacent to an activating group) is 1. The highest BCUT2D eigenvalue weighted by Gasteiger charge is 2.28. The second kappa shape index (κ2) is 9.20. The van der Waals surface area contributed by atoms with Gasteiger partial charge in [-0.05, 0) is 67.8 Å². The fraction of sp³-hybridized carbons (Fsp3) is 0.565. The minimum Gasteiger partial charge on any atom is -0.845 e. The quantitative estimate of drug-likeness (QED) is 0.428. The molecule has 0 bridgehead atoms. The molecule has 1 N–H and O–H groups in total. The van der Waals surface area contributed by atoms with Crippen molar-refractivity contribution < 1.29 is 18.3 Å². The van der Waals surface area contributed by atoms with E-state index in [9.17, 15) is 13.5 Å². The normalized spacial score (nSPS) is 18.1. The lowest BCUT2D eigenvalue weighted by Crippen LogP contribution is -2.49. The van der Waals surface area contributed by atoms with E-state index >= 15 is 0 Å². The van der Waals surface area contributed by atoms with Crippen LogP contribution in [0.1, 0.15) is 35.1 Å². The SMILES string of the molecule is CN(CCN(c1cnn(C)c1)S(=O)(=O)/N=C(\[O-])Nc1c2c(cc3c1CCC3)CCC2)C1COC1. The Morgan fingerprint density at radius 2 is 1.88 bits per heavy atom. The first kappa shape index (κ1) is 23.1. The molecule has 34 heavy (non-hydrogen) atoms. The number of anilines is 2. The number of amidine groups is 1. The first-order valence-corrected chi connectivity index (χ1v) is 13.2. The van der Waals surface area contributed by atoms with Crippen molar-refractivity contribution in [1.29, 1.82) is 0 Å². The van der Waals surface area contributed by atoms with Gasteiger partial charge < -0.3 is 15.2 Å². The molecule has 1 saturated heterocycles. The number of benzene rings is 1. The molecular formula is C23H31N6O4S-. The molecule has 0 spiro atoms. The summed E-state index contributed by atoms with van der Waals surface area (Å²) in [6.45, 7) is 1.89. The number of ether oxygens (including phenoxy) is 1. The maximum atomic E-state index is 13.3. The lowest BCUT2D eigenvalue weighted by atomic mass is 9.99. The standard InChI is InChI=1S/C23H32N6O4S/c1-27(19-14-33-15-19)9-10-29(18-12-24-28(2)13-18)34(31,32)26-23(30)25-22-20-7-3-5-16(20)11-17-6-4-8-21(17)22/h11-13,19H,3-10,14-15H2,1-2H3,(H2,25,26,30)/p-1. The number of nitrogens with one attached hydrogen (secondary N) is 1. The minimum absolute atomic E-state index is 0.147. The summed E-state index contributed by atoms with van der Waals surface area (Å²) in [7, 11) is -0.638. The Bertz CT molecular complexity index is 1170. The van der Waals surface area contributed by atoms with Gasteiger partial charge in [0.05, 0.1) is 37.2 Å². The van der Waals surface area contributed by atoms with Gasteiger partial charge in [-0.25, -0.2) is 4.31 Å². The van der Waals surface area contributed by atoms with Gasteiger partial charge in [-0.2, -0.15) is 13.5 Å². The molecule has 3 aliphatic rings. The molecule has 1 aliphatic heterocycles. The molecule has 2 aliphatic carbocycles. The Morgan fingerprint density at radius 1 is 1.21 bits per heavy atom. The van der Waals surface area contributed by atoms with Crippen LogP contribution in [0.4, 0.5) is 11.4 Å². The number of fused-ring (bicyclic) bond motifs is 2. The Kier molecular flexibility index (Phi) is 6.26. The van der Waals surface area contributed by atoms with E-state index < -0.39 is 16.2 Å². The van der Waals surface area contributed by atoms with Gasteiger partial charge in [-0.1, -0.05) is 6.07 Å². The maximum absolute atomic E-state index is 13.3. The average molecular weight is 488 g/mol. The van der Waals surface area contributed by atoms with E-state index in [4.69, 9.17) is 4.74 Å².